The van der Waals surface area contributed by atoms with Crippen molar-refractivity contribution in [2.45, 2.75) is 57.8 Å². The topological polar surface area (TPSA) is 279 Å². The Balaban J connectivity index is -0.000000216. The SMILES string of the molecule is C=C(OP(=O)(O)O)C(=O)O.NCCCCNCCCO.NCCCCNCCCO.NCCCCNCCCO. The lowest BCUT2D eigenvalue weighted by Crippen LogP contribution is -2.18. The minimum Gasteiger partial charge on any atom is -0.475 e. The van der Waals surface area contributed by atoms with Gasteiger partial charge < -0.3 is 58.1 Å². The highest BCUT2D eigenvalue weighted by Crippen LogP contribution is 2.38. The number of carboxylic acids is 1. The Labute approximate surface area is 240 Å². The number of hydrogen-bond acceptors (Lipinski definition) is 12. The van der Waals surface area contributed by atoms with Gasteiger partial charge in [-0.2, -0.15) is 0 Å². The molecule has 0 radical (unpaired) electrons. The van der Waals surface area contributed by atoms with Crippen LogP contribution in [0.2, 0.25) is 0 Å². The Morgan fingerprint density at radius 1 is 0.625 bits per heavy atom. The third kappa shape index (κ3) is 56.9. The fourth-order valence-electron chi connectivity index (χ4n) is 2.35. The highest BCUT2D eigenvalue weighted by molar-refractivity contribution is 7.46. The molecule has 0 saturated heterocycles. The molecule has 15 N–H and O–H groups in total. The van der Waals surface area contributed by atoms with Crippen molar-refractivity contribution in [2.24, 2.45) is 17.2 Å². The normalized spacial score (nSPS) is 10.3. The van der Waals surface area contributed by atoms with Crippen LogP contribution in [0.1, 0.15) is 57.8 Å². The fraction of sp³-hybridized carbons (Fsp3) is 0.875. The summed E-state index contributed by atoms with van der Waals surface area (Å²) in [6.07, 6.45) is 9.24. The minimum absolute atomic E-state index is 0.282. The van der Waals surface area contributed by atoms with Crippen LogP contribution in [0.25, 0.3) is 0 Å². The van der Waals surface area contributed by atoms with Crippen LogP contribution in [0.3, 0.4) is 0 Å². The van der Waals surface area contributed by atoms with E-state index in [1.54, 1.807) is 0 Å². The first kappa shape index (κ1) is 45.8. The first-order chi connectivity index (χ1) is 19.1. The largest absolute Gasteiger partial charge is 0.525 e. The maximum atomic E-state index is 9.89. The summed E-state index contributed by atoms with van der Waals surface area (Å²) >= 11 is 0. The van der Waals surface area contributed by atoms with Crippen molar-refractivity contribution in [1.29, 1.82) is 0 Å². The smallest absolute Gasteiger partial charge is 0.475 e. The zero-order valence-electron chi connectivity index (χ0n) is 24.1. The number of aliphatic carboxylic acids is 1. The van der Waals surface area contributed by atoms with Crippen molar-refractivity contribution in [1.82, 2.24) is 16.0 Å². The highest BCUT2D eigenvalue weighted by atomic mass is 31.2. The number of aliphatic hydroxyl groups excluding tert-OH is 3. The van der Waals surface area contributed by atoms with Gasteiger partial charge in [-0.1, -0.05) is 0 Å². The van der Waals surface area contributed by atoms with E-state index in [-0.39, 0.29) is 19.8 Å². The van der Waals surface area contributed by atoms with Crippen molar-refractivity contribution in [3.63, 3.8) is 0 Å². The van der Waals surface area contributed by atoms with Gasteiger partial charge in [0.05, 0.1) is 0 Å². The molecule has 0 saturated carbocycles. The summed E-state index contributed by atoms with van der Waals surface area (Å²) in [5.41, 5.74) is 15.9. The number of phosphoric ester groups is 1. The van der Waals surface area contributed by atoms with Gasteiger partial charge in [0.25, 0.3) is 0 Å². The molecule has 0 fully saturated rings. The molecule has 0 atom stereocenters. The molecule has 0 spiro atoms. The number of unbranched alkanes of at least 4 members (excludes halogenated alkanes) is 3. The number of rotatable bonds is 24. The van der Waals surface area contributed by atoms with Gasteiger partial charge in [-0.25, -0.2) is 9.36 Å². The first-order valence-electron chi connectivity index (χ1n) is 13.8. The lowest BCUT2D eigenvalue weighted by Gasteiger charge is -2.03. The second-order valence-corrected chi connectivity index (χ2v) is 9.44. The van der Waals surface area contributed by atoms with Gasteiger partial charge in [0, 0.05) is 19.8 Å². The van der Waals surface area contributed by atoms with Crippen molar-refractivity contribution in [2.75, 3.05) is 78.7 Å². The Kier molecular flexibility index (Phi) is 45.7. The fourth-order valence-corrected chi connectivity index (χ4v) is 2.72. The van der Waals surface area contributed by atoms with Gasteiger partial charge in [-0.3, -0.25) is 9.79 Å². The molecule has 15 nitrogen and oxygen atoms in total. The lowest BCUT2D eigenvalue weighted by molar-refractivity contribution is -0.135. The number of hydrogen-bond donors (Lipinski definition) is 12. The van der Waals surface area contributed by atoms with Gasteiger partial charge in [-0.15, -0.1) is 0 Å². The van der Waals surface area contributed by atoms with Gasteiger partial charge in [0.15, 0.2) is 0 Å². The van der Waals surface area contributed by atoms with Crippen molar-refractivity contribution in [3.05, 3.63) is 12.3 Å². The van der Waals surface area contributed by atoms with E-state index >= 15 is 0 Å². The van der Waals surface area contributed by atoms with Crippen molar-refractivity contribution in [3.8, 4) is 0 Å². The Bertz CT molecular complexity index is 499. The second-order valence-electron chi connectivity index (χ2n) is 8.28. The van der Waals surface area contributed by atoms with Crippen LogP contribution in [-0.2, 0) is 13.9 Å². The maximum Gasteiger partial charge on any atom is 0.525 e. The molecule has 0 aliphatic carbocycles. The number of nitrogens with one attached hydrogen (secondary N) is 3. The van der Waals surface area contributed by atoms with Crippen LogP contribution >= 0.6 is 7.82 Å². The zero-order valence-corrected chi connectivity index (χ0v) is 25.0. The maximum absolute atomic E-state index is 9.89. The summed E-state index contributed by atoms with van der Waals surface area (Å²) in [4.78, 5) is 25.8. The van der Waals surface area contributed by atoms with Gasteiger partial charge >= 0.3 is 13.8 Å². The van der Waals surface area contributed by atoms with Gasteiger partial charge in [0.2, 0.25) is 5.76 Å². The molecular weight excluding hydrogens is 547 g/mol. The van der Waals surface area contributed by atoms with Gasteiger partial charge in [-0.05, 0) is 123 Å². The van der Waals surface area contributed by atoms with E-state index in [0.29, 0.717) is 0 Å². The summed E-state index contributed by atoms with van der Waals surface area (Å²) in [7, 11) is -4.76. The molecule has 0 amide bonds. The molecule has 0 aromatic carbocycles. The molecule has 40 heavy (non-hydrogen) atoms. The van der Waals surface area contributed by atoms with Crippen LogP contribution in [0, 0.1) is 0 Å². The molecule has 0 bridgehead atoms. The standard InChI is InChI=1S/3C7H18N2O.C3H5O6P/c3*8-4-1-2-5-9-6-3-7-10;1-2(3(4)5)9-10(6,7)8/h3*9-10H,1-8H2;1H2,(H,4,5)(H2,6,7,8). The molecule has 0 aromatic heterocycles. The van der Waals surface area contributed by atoms with E-state index in [0.717, 1.165) is 117 Å². The summed E-state index contributed by atoms with van der Waals surface area (Å²) in [5, 5.41) is 42.8. The number of aliphatic hydroxyl groups is 3. The van der Waals surface area contributed by atoms with E-state index in [9.17, 15) is 9.36 Å². The Morgan fingerprint density at radius 3 is 1.07 bits per heavy atom. The first-order valence-corrected chi connectivity index (χ1v) is 15.3. The van der Waals surface area contributed by atoms with Crippen LogP contribution in [0.15, 0.2) is 12.3 Å². The Hall–Kier alpha value is -1.20. The van der Waals surface area contributed by atoms with Crippen molar-refractivity contribution < 1.29 is 44.1 Å². The molecule has 0 heterocycles. The average Bonchev–Trinajstić information content (AvgIpc) is 2.90. The molecule has 0 aromatic rings. The number of carboxylic acid groups (broad SMARTS) is 1. The summed E-state index contributed by atoms with van der Waals surface area (Å²) < 4.78 is 13.5. The van der Waals surface area contributed by atoms with Crippen LogP contribution in [-0.4, -0.2) is 115 Å². The van der Waals surface area contributed by atoms with Crippen LogP contribution < -0.4 is 33.2 Å². The molecule has 16 heteroatoms. The summed E-state index contributed by atoms with van der Waals surface area (Å²) in [6.45, 7) is 11.7. The molecule has 244 valence electrons. The number of phosphoric acid groups is 1. The van der Waals surface area contributed by atoms with Gasteiger partial charge in [0.1, 0.15) is 0 Å². The number of carbonyl (C=O) groups is 1. The third-order valence-corrected chi connectivity index (χ3v) is 4.88. The van der Waals surface area contributed by atoms with E-state index in [2.05, 4.69) is 27.1 Å². The quantitative estimate of drug-likeness (QED) is 0.0266. The minimum atomic E-state index is -4.76. The van der Waals surface area contributed by atoms with Crippen molar-refractivity contribution >= 4 is 13.8 Å². The lowest BCUT2D eigenvalue weighted by atomic mass is 10.3. The summed E-state index contributed by atoms with van der Waals surface area (Å²) in [5.74, 6) is -2.59. The van der Waals surface area contributed by atoms with Crippen LogP contribution in [0.5, 0.6) is 0 Å². The summed E-state index contributed by atoms with van der Waals surface area (Å²) in [6, 6.07) is 0. The van der Waals surface area contributed by atoms with E-state index < -0.39 is 19.6 Å². The second kappa shape index (κ2) is 39.9. The Morgan fingerprint density at radius 2 is 0.900 bits per heavy atom. The van der Waals surface area contributed by atoms with E-state index in [4.69, 9.17) is 47.4 Å². The zero-order chi connectivity index (χ0) is 31.3. The predicted octanol–water partition coefficient (Wildman–Crippen LogP) is -1.21. The highest BCUT2D eigenvalue weighted by Gasteiger charge is 2.19. The molecule has 0 aliphatic rings. The van der Waals surface area contributed by atoms with E-state index in [1.165, 1.54) is 0 Å². The molecule has 0 unspecified atom stereocenters. The molecular formula is C24H59N6O9P. The average molecular weight is 607 g/mol. The number of nitrogens with two attached hydrogens (primary N) is 3. The molecule has 0 aliphatic heterocycles. The third-order valence-electron chi connectivity index (χ3n) is 4.43. The monoisotopic (exact) mass is 606 g/mol. The molecule has 0 rings (SSSR count). The van der Waals surface area contributed by atoms with Crippen LogP contribution in [0.4, 0.5) is 0 Å². The predicted molar refractivity (Wildman–Crippen MR) is 158 cm³/mol. The van der Waals surface area contributed by atoms with E-state index in [1.807, 2.05) is 0 Å².